The van der Waals surface area contributed by atoms with Crippen LogP contribution in [0.15, 0.2) is 12.3 Å². The fourth-order valence-electron chi connectivity index (χ4n) is 1.28. The Morgan fingerprint density at radius 2 is 2.38 bits per heavy atom. The summed E-state index contributed by atoms with van der Waals surface area (Å²) in [5.74, 6) is 0. The van der Waals surface area contributed by atoms with E-state index in [0.717, 1.165) is 30.4 Å². The number of aromatic nitrogens is 1. The zero-order valence-electron chi connectivity index (χ0n) is 7.89. The van der Waals surface area contributed by atoms with Gasteiger partial charge in [0, 0.05) is 31.5 Å². The van der Waals surface area contributed by atoms with Gasteiger partial charge in [-0.2, -0.15) is 0 Å². The van der Waals surface area contributed by atoms with Gasteiger partial charge in [0.05, 0.1) is 5.02 Å². The summed E-state index contributed by atoms with van der Waals surface area (Å²) in [6.07, 6.45) is 1.80. The predicted molar refractivity (Wildman–Crippen MR) is 55.8 cm³/mol. The largest absolute Gasteiger partial charge is 0.363 e. The lowest BCUT2D eigenvalue weighted by Gasteiger charge is -2.18. The van der Waals surface area contributed by atoms with Crippen molar-refractivity contribution < 1.29 is 0 Å². The van der Waals surface area contributed by atoms with Crippen molar-refractivity contribution >= 4 is 11.6 Å². The topological polar surface area (TPSA) is 45.0 Å². The molecule has 0 bridgehead atoms. The minimum atomic E-state index is 0.697. The van der Waals surface area contributed by atoms with E-state index in [9.17, 15) is 0 Å². The molecule has 74 valence electrons. The number of rotatable bonds is 5. The van der Waals surface area contributed by atoms with Crippen molar-refractivity contribution in [2.24, 2.45) is 5.73 Å². The Balaban J connectivity index is 2.46. The minimum absolute atomic E-state index is 0.697. The summed E-state index contributed by atoms with van der Waals surface area (Å²) in [6, 6.07) is 1.95. The van der Waals surface area contributed by atoms with E-state index in [1.807, 2.05) is 6.07 Å². The highest BCUT2D eigenvalue weighted by Crippen LogP contribution is 2.10. The number of likely N-dealkylation sites (N-methyl/N-ethyl adjacent to an activating group) is 1. The van der Waals surface area contributed by atoms with Gasteiger partial charge in [-0.1, -0.05) is 18.5 Å². The first kappa shape index (κ1) is 10.6. The minimum Gasteiger partial charge on any atom is -0.363 e. The molecule has 1 aromatic heterocycles. The summed E-state index contributed by atoms with van der Waals surface area (Å²) in [4.78, 5) is 5.38. The Morgan fingerprint density at radius 3 is 2.85 bits per heavy atom. The fourth-order valence-corrected chi connectivity index (χ4v) is 1.46. The average Bonchev–Trinajstić information content (AvgIpc) is 2.50. The van der Waals surface area contributed by atoms with Gasteiger partial charge >= 0.3 is 0 Å². The zero-order chi connectivity index (χ0) is 9.68. The highest BCUT2D eigenvalue weighted by molar-refractivity contribution is 6.30. The number of nitrogens with two attached hydrogens (primary N) is 1. The summed E-state index contributed by atoms with van der Waals surface area (Å²) < 4.78 is 0. The molecule has 0 radical (unpaired) electrons. The van der Waals surface area contributed by atoms with Gasteiger partial charge < -0.3 is 10.7 Å². The second-order valence-electron chi connectivity index (χ2n) is 3.00. The molecule has 1 heterocycles. The van der Waals surface area contributed by atoms with Crippen LogP contribution in [0, 0.1) is 0 Å². The second kappa shape index (κ2) is 5.27. The Bertz CT molecular complexity index is 247. The third kappa shape index (κ3) is 3.38. The molecular weight excluding hydrogens is 186 g/mol. The van der Waals surface area contributed by atoms with Crippen LogP contribution in [-0.2, 0) is 6.54 Å². The van der Waals surface area contributed by atoms with Crippen molar-refractivity contribution in [1.29, 1.82) is 0 Å². The molecule has 1 rings (SSSR count). The normalized spacial score (nSPS) is 11.1. The summed E-state index contributed by atoms with van der Waals surface area (Å²) >= 11 is 5.79. The van der Waals surface area contributed by atoms with Gasteiger partial charge in [0.25, 0.3) is 0 Å². The Hall–Kier alpha value is -0.510. The molecule has 0 spiro atoms. The van der Waals surface area contributed by atoms with Crippen molar-refractivity contribution in [1.82, 2.24) is 9.88 Å². The highest BCUT2D eigenvalue weighted by Gasteiger charge is 2.03. The molecule has 0 aliphatic carbocycles. The number of hydrogen-bond donors (Lipinski definition) is 2. The lowest BCUT2D eigenvalue weighted by molar-refractivity contribution is 0.285. The molecule has 0 unspecified atom stereocenters. The van der Waals surface area contributed by atoms with Crippen molar-refractivity contribution in [3.05, 3.63) is 23.0 Å². The van der Waals surface area contributed by atoms with Crippen LogP contribution in [0.4, 0.5) is 0 Å². The van der Waals surface area contributed by atoms with Gasteiger partial charge in [-0.3, -0.25) is 4.90 Å². The molecule has 4 heteroatoms. The van der Waals surface area contributed by atoms with Crippen LogP contribution in [0.25, 0.3) is 0 Å². The maximum absolute atomic E-state index is 5.79. The molecule has 0 aliphatic heterocycles. The van der Waals surface area contributed by atoms with Crippen LogP contribution >= 0.6 is 11.6 Å². The van der Waals surface area contributed by atoms with Crippen molar-refractivity contribution in [2.75, 3.05) is 19.6 Å². The number of H-pyrrole nitrogens is 1. The van der Waals surface area contributed by atoms with Gasteiger partial charge in [-0.15, -0.1) is 0 Å². The lowest BCUT2D eigenvalue weighted by atomic mass is 10.3. The number of aromatic amines is 1. The first-order chi connectivity index (χ1) is 6.26. The molecule has 13 heavy (non-hydrogen) atoms. The Kier molecular flexibility index (Phi) is 4.28. The predicted octanol–water partition coefficient (Wildman–Crippen LogP) is 1.45. The first-order valence-electron chi connectivity index (χ1n) is 4.51. The maximum Gasteiger partial charge on any atom is 0.0583 e. The van der Waals surface area contributed by atoms with Gasteiger partial charge in [0.15, 0.2) is 0 Å². The van der Waals surface area contributed by atoms with E-state index in [1.165, 1.54) is 0 Å². The number of halogens is 1. The van der Waals surface area contributed by atoms with E-state index in [2.05, 4.69) is 16.8 Å². The molecular formula is C9H16ClN3. The highest BCUT2D eigenvalue weighted by atomic mass is 35.5. The number of hydrogen-bond acceptors (Lipinski definition) is 2. The average molecular weight is 202 g/mol. The van der Waals surface area contributed by atoms with Crippen LogP contribution in [-0.4, -0.2) is 29.5 Å². The molecule has 0 aliphatic rings. The fraction of sp³-hybridized carbons (Fsp3) is 0.556. The molecule has 0 atom stereocenters. The van der Waals surface area contributed by atoms with E-state index in [4.69, 9.17) is 17.3 Å². The Labute approximate surface area is 83.9 Å². The van der Waals surface area contributed by atoms with Gasteiger partial charge in [0.2, 0.25) is 0 Å². The molecule has 0 aromatic carbocycles. The molecule has 3 nitrogen and oxygen atoms in total. The lowest BCUT2D eigenvalue weighted by Crippen LogP contribution is -2.28. The Morgan fingerprint density at radius 1 is 1.62 bits per heavy atom. The van der Waals surface area contributed by atoms with Crippen LogP contribution in [0.2, 0.25) is 5.02 Å². The van der Waals surface area contributed by atoms with Crippen LogP contribution < -0.4 is 5.73 Å². The van der Waals surface area contributed by atoms with Gasteiger partial charge in [0.1, 0.15) is 0 Å². The summed E-state index contributed by atoms with van der Waals surface area (Å²) in [5.41, 5.74) is 6.63. The van der Waals surface area contributed by atoms with E-state index >= 15 is 0 Å². The smallest absolute Gasteiger partial charge is 0.0583 e. The molecule has 0 amide bonds. The van der Waals surface area contributed by atoms with E-state index < -0.39 is 0 Å². The molecule has 0 saturated carbocycles. The van der Waals surface area contributed by atoms with Crippen LogP contribution in [0.3, 0.4) is 0 Å². The van der Waals surface area contributed by atoms with Crippen molar-refractivity contribution in [2.45, 2.75) is 13.5 Å². The van der Waals surface area contributed by atoms with Gasteiger partial charge in [-0.25, -0.2) is 0 Å². The zero-order valence-corrected chi connectivity index (χ0v) is 8.64. The molecule has 0 saturated heterocycles. The third-order valence-corrected chi connectivity index (χ3v) is 2.21. The van der Waals surface area contributed by atoms with Crippen molar-refractivity contribution in [3.8, 4) is 0 Å². The van der Waals surface area contributed by atoms with Gasteiger partial charge in [-0.05, 0) is 12.6 Å². The maximum atomic E-state index is 5.79. The molecule has 1 aromatic rings. The van der Waals surface area contributed by atoms with E-state index in [-0.39, 0.29) is 0 Å². The summed E-state index contributed by atoms with van der Waals surface area (Å²) in [7, 11) is 0. The molecule has 3 N–H and O–H groups in total. The molecule has 0 fully saturated rings. The standard InChI is InChI=1S/C9H16ClN3/c1-2-13(4-3-11)7-9-5-8(10)6-12-9/h5-6,12H,2-4,7,11H2,1H3. The quantitative estimate of drug-likeness (QED) is 0.758. The van der Waals surface area contributed by atoms with Crippen LogP contribution in [0.1, 0.15) is 12.6 Å². The number of nitrogens with one attached hydrogen (secondary N) is 1. The second-order valence-corrected chi connectivity index (χ2v) is 3.44. The van der Waals surface area contributed by atoms with Crippen LogP contribution in [0.5, 0.6) is 0 Å². The van der Waals surface area contributed by atoms with E-state index in [0.29, 0.717) is 6.54 Å². The third-order valence-electron chi connectivity index (χ3n) is 1.99. The number of nitrogens with zero attached hydrogens (tertiary/aromatic N) is 1. The summed E-state index contributed by atoms with van der Waals surface area (Å²) in [6.45, 7) is 5.64. The monoisotopic (exact) mass is 201 g/mol. The van der Waals surface area contributed by atoms with Crippen molar-refractivity contribution in [3.63, 3.8) is 0 Å². The SMILES string of the molecule is CCN(CCN)Cc1cc(Cl)c[nH]1. The summed E-state index contributed by atoms with van der Waals surface area (Å²) in [5, 5.41) is 0.763. The first-order valence-corrected chi connectivity index (χ1v) is 4.89. The van der Waals surface area contributed by atoms with E-state index in [1.54, 1.807) is 6.20 Å².